The number of fused-ring (bicyclic) bond motifs is 1. The predicted octanol–water partition coefficient (Wildman–Crippen LogP) is 5.44. The third-order valence-electron chi connectivity index (χ3n) is 5.38. The van der Waals surface area contributed by atoms with Crippen molar-refractivity contribution < 1.29 is 9.53 Å². The number of hydrogen-bond donors (Lipinski definition) is 1. The molecule has 0 unspecified atom stereocenters. The van der Waals surface area contributed by atoms with Gasteiger partial charge < -0.3 is 14.6 Å². The van der Waals surface area contributed by atoms with Gasteiger partial charge in [0.25, 0.3) is 0 Å². The van der Waals surface area contributed by atoms with Gasteiger partial charge in [-0.15, -0.1) is 11.8 Å². The number of aromatic nitrogens is 1. The van der Waals surface area contributed by atoms with Gasteiger partial charge in [0.15, 0.2) is 0 Å². The molecular formula is C22H23BrN2O2S. The Labute approximate surface area is 177 Å². The molecule has 6 heteroatoms. The Kier molecular flexibility index (Phi) is 5.97. The summed E-state index contributed by atoms with van der Waals surface area (Å²) in [5.74, 6) is 2.08. The average molecular weight is 459 g/mol. The number of thioether (sulfide) groups is 1. The van der Waals surface area contributed by atoms with Crippen molar-refractivity contribution >= 4 is 44.5 Å². The number of rotatable bonds is 5. The van der Waals surface area contributed by atoms with E-state index < -0.39 is 0 Å². The van der Waals surface area contributed by atoms with E-state index in [4.69, 9.17) is 4.74 Å². The average Bonchev–Trinajstić information content (AvgIpc) is 3.16. The van der Waals surface area contributed by atoms with Crippen molar-refractivity contribution in [2.75, 3.05) is 26.0 Å². The third kappa shape index (κ3) is 4.23. The lowest BCUT2D eigenvalue weighted by atomic mass is 9.89. The topological polar surface area (TPSA) is 45.3 Å². The Bertz CT molecular complexity index is 962. The van der Waals surface area contributed by atoms with Crippen LogP contribution in [0.3, 0.4) is 0 Å². The summed E-state index contributed by atoms with van der Waals surface area (Å²) in [5, 5.41) is 1.23. The van der Waals surface area contributed by atoms with Gasteiger partial charge in [-0.25, -0.2) is 0 Å². The molecule has 1 fully saturated rings. The molecule has 0 aliphatic carbocycles. The molecule has 3 aromatic rings. The Morgan fingerprint density at radius 3 is 2.68 bits per heavy atom. The molecule has 0 bridgehead atoms. The van der Waals surface area contributed by atoms with Gasteiger partial charge in [-0.2, -0.15) is 0 Å². The van der Waals surface area contributed by atoms with Gasteiger partial charge in [0.2, 0.25) is 5.91 Å². The van der Waals surface area contributed by atoms with Gasteiger partial charge in [-0.1, -0.05) is 15.9 Å². The molecule has 0 radical (unpaired) electrons. The normalized spacial score (nSPS) is 15.1. The number of benzene rings is 2. The van der Waals surface area contributed by atoms with Gasteiger partial charge in [-0.05, 0) is 66.8 Å². The second-order valence-electron chi connectivity index (χ2n) is 7.05. The fourth-order valence-electron chi connectivity index (χ4n) is 3.79. The van der Waals surface area contributed by atoms with Gasteiger partial charge in [0, 0.05) is 39.6 Å². The molecule has 1 aliphatic rings. The number of carbonyl (C=O) groups is 1. The highest BCUT2D eigenvalue weighted by Crippen LogP contribution is 2.35. The van der Waals surface area contributed by atoms with E-state index in [-0.39, 0.29) is 5.91 Å². The number of amides is 1. The molecule has 1 amide bonds. The maximum atomic E-state index is 12.6. The van der Waals surface area contributed by atoms with Crippen LogP contribution in [-0.4, -0.2) is 41.7 Å². The number of aromatic amines is 1. The number of halogens is 1. The molecule has 0 saturated carbocycles. The fourth-order valence-corrected chi connectivity index (χ4v) is 4.86. The van der Waals surface area contributed by atoms with Gasteiger partial charge >= 0.3 is 0 Å². The second-order valence-corrected chi connectivity index (χ2v) is 9.02. The van der Waals surface area contributed by atoms with Crippen LogP contribution in [0, 0.1) is 0 Å². The molecular weight excluding hydrogens is 436 g/mol. The quantitative estimate of drug-likeness (QED) is 0.517. The van der Waals surface area contributed by atoms with Crippen LogP contribution < -0.4 is 4.74 Å². The summed E-state index contributed by atoms with van der Waals surface area (Å²) in [6, 6.07) is 14.2. The first-order valence-electron chi connectivity index (χ1n) is 9.45. The second kappa shape index (κ2) is 8.62. The van der Waals surface area contributed by atoms with Gasteiger partial charge in [0.1, 0.15) is 5.75 Å². The highest BCUT2D eigenvalue weighted by Gasteiger charge is 2.25. The lowest BCUT2D eigenvalue weighted by Crippen LogP contribution is -2.38. The molecule has 4 rings (SSSR count). The molecule has 4 nitrogen and oxygen atoms in total. The van der Waals surface area contributed by atoms with Crippen LogP contribution in [0.1, 0.15) is 24.3 Å². The van der Waals surface area contributed by atoms with Crippen LogP contribution in [0.25, 0.3) is 10.9 Å². The van der Waals surface area contributed by atoms with Crippen molar-refractivity contribution in [2.24, 2.45) is 0 Å². The van der Waals surface area contributed by atoms with E-state index in [2.05, 4.69) is 39.2 Å². The van der Waals surface area contributed by atoms with Crippen LogP contribution in [0.5, 0.6) is 5.75 Å². The summed E-state index contributed by atoms with van der Waals surface area (Å²) in [7, 11) is 1.70. The first kappa shape index (κ1) is 19.4. The van der Waals surface area contributed by atoms with E-state index in [1.54, 1.807) is 18.9 Å². The van der Waals surface area contributed by atoms with Crippen LogP contribution >= 0.6 is 27.7 Å². The van der Waals surface area contributed by atoms with Crippen LogP contribution in [0.15, 0.2) is 58.0 Å². The first-order chi connectivity index (χ1) is 13.6. The zero-order chi connectivity index (χ0) is 19.5. The zero-order valence-electron chi connectivity index (χ0n) is 15.8. The van der Waals surface area contributed by atoms with Crippen molar-refractivity contribution in [3.8, 4) is 5.75 Å². The van der Waals surface area contributed by atoms with Crippen LogP contribution in [0.2, 0.25) is 0 Å². The van der Waals surface area contributed by atoms with E-state index in [0.29, 0.717) is 11.7 Å². The number of carbonyl (C=O) groups excluding carboxylic acids is 1. The minimum atomic E-state index is 0.229. The highest BCUT2D eigenvalue weighted by atomic mass is 79.9. The number of H-pyrrole nitrogens is 1. The number of nitrogens with zero attached hydrogens (tertiary/aromatic N) is 1. The highest BCUT2D eigenvalue weighted by molar-refractivity contribution is 9.10. The van der Waals surface area contributed by atoms with E-state index in [9.17, 15) is 4.79 Å². The summed E-state index contributed by atoms with van der Waals surface area (Å²) in [6.07, 6.45) is 4.12. The van der Waals surface area contributed by atoms with Crippen molar-refractivity contribution in [3.63, 3.8) is 0 Å². The number of piperidine rings is 1. The van der Waals surface area contributed by atoms with E-state index in [0.717, 1.165) is 46.6 Å². The summed E-state index contributed by atoms with van der Waals surface area (Å²) >= 11 is 5.04. The molecule has 0 atom stereocenters. The summed E-state index contributed by atoms with van der Waals surface area (Å²) < 4.78 is 6.44. The number of likely N-dealkylation sites (tertiary alicyclic amines) is 1. The SMILES string of the molecule is COc1ccc2[nH]cc(C3CCN(C(=O)CSc4ccc(Br)cc4)CC3)c2c1. The molecule has 0 spiro atoms. The van der Waals surface area contributed by atoms with Crippen molar-refractivity contribution in [1.29, 1.82) is 0 Å². The van der Waals surface area contributed by atoms with E-state index in [1.165, 1.54) is 10.9 Å². The molecule has 146 valence electrons. The molecule has 28 heavy (non-hydrogen) atoms. The molecule has 1 aliphatic heterocycles. The van der Waals surface area contributed by atoms with Crippen molar-refractivity contribution in [3.05, 3.63) is 58.7 Å². The number of nitrogens with one attached hydrogen (secondary N) is 1. The molecule has 2 aromatic carbocycles. The lowest BCUT2D eigenvalue weighted by molar-refractivity contribution is -0.129. The van der Waals surface area contributed by atoms with Gasteiger partial charge in [0.05, 0.1) is 12.9 Å². The van der Waals surface area contributed by atoms with Gasteiger partial charge in [-0.3, -0.25) is 4.79 Å². The smallest absolute Gasteiger partial charge is 0.232 e. The molecule has 1 aromatic heterocycles. The van der Waals surface area contributed by atoms with E-state index >= 15 is 0 Å². The number of methoxy groups -OCH3 is 1. The van der Waals surface area contributed by atoms with Crippen LogP contribution in [0.4, 0.5) is 0 Å². The minimum Gasteiger partial charge on any atom is -0.497 e. The Hall–Kier alpha value is -1.92. The number of hydrogen-bond acceptors (Lipinski definition) is 3. The maximum Gasteiger partial charge on any atom is 0.232 e. The Morgan fingerprint density at radius 1 is 1.21 bits per heavy atom. The van der Waals surface area contributed by atoms with Crippen molar-refractivity contribution in [2.45, 2.75) is 23.7 Å². The minimum absolute atomic E-state index is 0.229. The maximum absolute atomic E-state index is 12.6. The summed E-state index contributed by atoms with van der Waals surface area (Å²) in [6.45, 7) is 1.64. The Morgan fingerprint density at radius 2 is 1.96 bits per heavy atom. The fraction of sp³-hybridized carbons (Fsp3) is 0.318. The largest absolute Gasteiger partial charge is 0.497 e. The zero-order valence-corrected chi connectivity index (χ0v) is 18.2. The standard InChI is InChI=1S/C22H23BrN2O2S/c1-27-17-4-7-21-19(12-17)20(13-24-21)15-8-10-25(11-9-15)22(26)14-28-18-5-2-16(23)3-6-18/h2-7,12-13,15,24H,8-11,14H2,1H3. The molecule has 2 heterocycles. The lowest BCUT2D eigenvalue weighted by Gasteiger charge is -2.32. The van der Waals surface area contributed by atoms with Crippen molar-refractivity contribution in [1.82, 2.24) is 9.88 Å². The monoisotopic (exact) mass is 458 g/mol. The molecule has 1 saturated heterocycles. The Balaban J connectivity index is 1.35. The van der Waals surface area contributed by atoms with Crippen LogP contribution in [-0.2, 0) is 4.79 Å². The summed E-state index contributed by atoms with van der Waals surface area (Å²) in [4.78, 5) is 19.1. The summed E-state index contributed by atoms with van der Waals surface area (Å²) in [5.41, 5.74) is 2.48. The first-order valence-corrected chi connectivity index (χ1v) is 11.2. The number of ether oxygens (including phenoxy) is 1. The molecule has 1 N–H and O–H groups in total. The van der Waals surface area contributed by atoms with E-state index in [1.807, 2.05) is 35.2 Å². The predicted molar refractivity (Wildman–Crippen MR) is 118 cm³/mol. The third-order valence-corrected chi connectivity index (χ3v) is 6.91.